The zero-order valence-electron chi connectivity index (χ0n) is 7.21. The SMILES string of the molecule is O=C(O)[C@H]1C[C@H]1c1cccc(Cl)c1Cl. The Hall–Kier alpha value is -0.730. The van der Waals surface area contributed by atoms with Gasteiger partial charge in [0.15, 0.2) is 0 Å². The Balaban J connectivity index is 2.27. The van der Waals surface area contributed by atoms with Gasteiger partial charge in [0, 0.05) is 0 Å². The largest absolute Gasteiger partial charge is 0.481 e. The number of aliphatic carboxylic acids is 1. The van der Waals surface area contributed by atoms with Crippen molar-refractivity contribution in [2.45, 2.75) is 12.3 Å². The van der Waals surface area contributed by atoms with Crippen molar-refractivity contribution in [1.82, 2.24) is 0 Å². The first-order chi connectivity index (χ1) is 6.61. The fourth-order valence-electron chi connectivity index (χ4n) is 1.62. The molecule has 1 N–H and O–H groups in total. The lowest BCUT2D eigenvalue weighted by Gasteiger charge is -2.03. The number of halogens is 2. The number of hydrogen-bond donors (Lipinski definition) is 1. The predicted octanol–water partition coefficient (Wildman–Crippen LogP) is 3.18. The molecule has 0 aliphatic heterocycles. The molecule has 1 saturated carbocycles. The summed E-state index contributed by atoms with van der Waals surface area (Å²) in [5.41, 5.74) is 0.853. The molecule has 74 valence electrons. The van der Waals surface area contributed by atoms with E-state index in [4.69, 9.17) is 28.3 Å². The van der Waals surface area contributed by atoms with Gasteiger partial charge in [-0.05, 0) is 24.0 Å². The van der Waals surface area contributed by atoms with E-state index in [9.17, 15) is 4.79 Å². The van der Waals surface area contributed by atoms with Crippen LogP contribution in [0.25, 0.3) is 0 Å². The average Bonchev–Trinajstić information content (AvgIpc) is 2.89. The van der Waals surface area contributed by atoms with E-state index in [-0.39, 0.29) is 11.8 Å². The number of carboxylic acid groups (broad SMARTS) is 1. The second kappa shape index (κ2) is 3.44. The number of benzene rings is 1. The van der Waals surface area contributed by atoms with Crippen LogP contribution in [0.2, 0.25) is 10.0 Å². The minimum atomic E-state index is -0.758. The molecule has 1 aliphatic rings. The number of hydrogen-bond acceptors (Lipinski definition) is 1. The molecule has 1 aromatic carbocycles. The number of carbonyl (C=O) groups is 1. The Morgan fingerprint density at radius 2 is 2.14 bits per heavy atom. The zero-order valence-corrected chi connectivity index (χ0v) is 8.72. The Labute approximate surface area is 91.4 Å². The van der Waals surface area contributed by atoms with E-state index in [0.29, 0.717) is 16.5 Å². The third-order valence-corrected chi connectivity index (χ3v) is 3.32. The summed E-state index contributed by atoms with van der Waals surface area (Å²) in [5.74, 6) is -1.00. The zero-order chi connectivity index (χ0) is 10.3. The summed E-state index contributed by atoms with van der Waals surface area (Å²) >= 11 is 11.8. The standard InChI is InChI=1S/C10H8Cl2O2/c11-8-3-1-2-5(9(8)12)6-4-7(6)10(13)14/h1-3,6-7H,4H2,(H,13,14)/t6-,7-/m0/s1. The van der Waals surface area contributed by atoms with E-state index in [2.05, 4.69) is 0 Å². The van der Waals surface area contributed by atoms with Gasteiger partial charge in [-0.25, -0.2) is 0 Å². The minimum absolute atomic E-state index is 0.0405. The van der Waals surface area contributed by atoms with Gasteiger partial charge in [0.2, 0.25) is 0 Å². The highest BCUT2D eigenvalue weighted by Gasteiger charge is 2.45. The summed E-state index contributed by atoms with van der Waals surface area (Å²) < 4.78 is 0. The van der Waals surface area contributed by atoms with Crippen LogP contribution in [-0.2, 0) is 4.79 Å². The Morgan fingerprint density at radius 1 is 1.43 bits per heavy atom. The van der Waals surface area contributed by atoms with E-state index < -0.39 is 5.97 Å². The van der Waals surface area contributed by atoms with Crippen LogP contribution in [0.3, 0.4) is 0 Å². The van der Waals surface area contributed by atoms with E-state index >= 15 is 0 Å². The van der Waals surface area contributed by atoms with E-state index in [0.717, 1.165) is 5.56 Å². The second-order valence-electron chi connectivity index (χ2n) is 3.43. The molecule has 0 radical (unpaired) electrons. The predicted molar refractivity (Wildman–Crippen MR) is 54.9 cm³/mol. The highest BCUT2D eigenvalue weighted by Crippen LogP contribution is 2.50. The fraction of sp³-hybridized carbons (Fsp3) is 0.300. The molecule has 2 rings (SSSR count). The van der Waals surface area contributed by atoms with Crippen molar-refractivity contribution >= 4 is 29.2 Å². The van der Waals surface area contributed by atoms with Gasteiger partial charge < -0.3 is 5.11 Å². The summed E-state index contributed by atoms with van der Waals surface area (Å²) in [6, 6.07) is 5.33. The summed E-state index contributed by atoms with van der Waals surface area (Å²) in [5, 5.41) is 9.74. The van der Waals surface area contributed by atoms with Gasteiger partial charge in [-0.2, -0.15) is 0 Å². The quantitative estimate of drug-likeness (QED) is 0.848. The number of rotatable bonds is 2. The van der Waals surface area contributed by atoms with Crippen molar-refractivity contribution in [2.75, 3.05) is 0 Å². The lowest BCUT2D eigenvalue weighted by Crippen LogP contribution is -1.99. The van der Waals surface area contributed by atoms with E-state index in [1.165, 1.54) is 0 Å². The Morgan fingerprint density at radius 3 is 2.71 bits per heavy atom. The van der Waals surface area contributed by atoms with Gasteiger partial charge in [-0.3, -0.25) is 4.79 Å². The first kappa shape index (κ1) is 9.81. The molecule has 2 atom stereocenters. The van der Waals surface area contributed by atoms with Crippen molar-refractivity contribution in [2.24, 2.45) is 5.92 Å². The smallest absolute Gasteiger partial charge is 0.307 e. The van der Waals surface area contributed by atoms with Gasteiger partial charge in [0.25, 0.3) is 0 Å². The maximum atomic E-state index is 10.7. The summed E-state index contributed by atoms with van der Waals surface area (Å²) in [4.78, 5) is 10.7. The number of carboxylic acids is 1. The molecule has 0 aromatic heterocycles. The van der Waals surface area contributed by atoms with Crippen molar-refractivity contribution in [3.05, 3.63) is 33.8 Å². The summed E-state index contributed by atoms with van der Waals surface area (Å²) in [7, 11) is 0. The molecule has 1 fully saturated rings. The topological polar surface area (TPSA) is 37.3 Å². The maximum Gasteiger partial charge on any atom is 0.307 e. The molecule has 0 bridgehead atoms. The monoisotopic (exact) mass is 230 g/mol. The highest BCUT2D eigenvalue weighted by molar-refractivity contribution is 6.42. The molecule has 0 heterocycles. The molecule has 1 aromatic rings. The molecular weight excluding hydrogens is 223 g/mol. The highest BCUT2D eigenvalue weighted by atomic mass is 35.5. The maximum absolute atomic E-state index is 10.7. The molecule has 1 aliphatic carbocycles. The van der Waals surface area contributed by atoms with Crippen LogP contribution in [0.5, 0.6) is 0 Å². The van der Waals surface area contributed by atoms with Gasteiger partial charge in [-0.15, -0.1) is 0 Å². The van der Waals surface area contributed by atoms with Crippen LogP contribution >= 0.6 is 23.2 Å². The molecule has 0 spiro atoms. The molecule has 14 heavy (non-hydrogen) atoms. The Kier molecular flexibility index (Phi) is 2.41. The van der Waals surface area contributed by atoms with Crippen molar-refractivity contribution < 1.29 is 9.90 Å². The fourth-order valence-corrected chi connectivity index (χ4v) is 2.07. The van der Waals surface area contributed by atoms with Crippen LogP contribution in [-0.4, -0.2) is 11.1 Å². The van der Waals surface area contributed by atoms with Gasteiger partial charge in [0.1, 0.15) is 0 Å². The molecule has 0 saturated heterocycles. The lowest BCUT2D eigenvalue weighted by molar-refractivity contribution is -0.138. The van der Waals surface area contributed by atoms with Crippen LogP contribution in [0.4, 0.5) is 0 Å². The van der Waals surface area contributed by atoms with Crippen LogP contribution in [0, 0.1) is 5.92 Å². The first-order valence-corrected chi connectivity index (χ1v) is 5.03. The minimum Gasteiger partial charge on any atom is -0.481 e. The second-order valence-corrected chi connectivity index (χ2v) is 4.22. The Bertz CT molecular complexity index is 390. The molecule has 2 nitrogen and oxygen atoms in total. The van der Waals surface area contributed by atoms with Gasteiger partial charge in [-0.1, -0.05) is 35.3 Å². The third kappa shape index (κ3) is 1.60. The summed E-state index contributed by atoms with van der Waals surface area (Å²) in [6.45, 7) is 0. The van der Waals surface area contributed by atoms with E-state index in [1.54, 1.807) is 12.1 Å². The molecular formula is C10H8Cl2O2. The molecule has 0 unspecified atom stereocenters. The van der Waals surface area contributed by atoms with Gasteiger partial charge in [0.05, 0.1) is 16.0 Å². The van der Waals surface area contributed by atoms with E-state index in [1.807, 2.05) is 6.07 Å². The molecule has 4 heteroatoms. The van der Waals surface area contributed by atoms with Gasteiger partial charge >= 0.3 is 5.97 Å². The van der Waals surface area contributed by atoms with Crippen LogP contribution < -0.4 is 0 Å². The molecule has 0 amide bonds. The van der Waals surface area contributed by atoms with Crippen LogP contribution in [0.15, 0.2) is 18.2 Å². The van der Waals surface area contributed by atoms with Crippen molar-refractivity contribution in [1.29, 1.82) is 0 Å². The van der Waals surface area contributed by atoms with Crippen LogP contribution in [0.1, 0.15) is 17.9 Å². The third-order valence-electron chi connectivity index (χ3n) is 2.49. The lowest BCUT2D eigenvalue weighted by atomic mass is 10.1. The van der Waals surface area contributed by atoms with Crippen molar-refractivity contribution in [3.8, 4) is 0 Å². The average molecular weight is 231 g/mol. The van der Waals surface area contributed by atoms with Crippen molar-refractivity contribution in [3.63, 3.8) is 0 Å². The first-order valence-electron chi connectivity index (χ1n) is 4.28. The summed E-state index contributed by atoms with van der Waals surface area (Å²) in [6.07, 6.45) is 0.662. The normalized spacial score (nSPS) is 24.7.